The van der Waals surface area contributed by atoms with Crippen molar-refractivity contribution < 1.29 is 13.7 Å². The molecular weight excluding hydrogens is 428 g/mol. The Bertz CT molecular complexity index is 1340. The molecule has 0 bridgehead atoms. The molecule has 0 spiro atoms. The first-order valence-electron chi connectivity index (χ1n) is 12.5. The molecule has 6 heteroatoms. The third-order valence-corrected chi connectivity index (χ3v) is 8.37. The molecule has 0 radical (unpaired) electrons. The average molecular weight is 459 g/mol. The summed E-state index contributed by atoms with van der Waals surface area (Å²) < 4.78 is 29.3. The Kier molecular flexibility index (Phi) is 4.88. The summed E-state index contributed by atoms with van der Waals surface area (Å²) in [6.45, 7) is 8.22. The molecule has 3 aliphatic rings. The zero-order valence-electron chi connectivity index (χ0n) is 20.4. The molecule has 0 amide bonds. The van der Waals surface area contributed by atoms with E-state index in [1.54, 1.807) is 10.6 Å². The minimum atomic E-state index is -0.408. The number of pyridine rings is 1. The van der Waals surface area contributed by atoms with Crippen LogP contribution >= 0.6 is 0 Å². The molecule has 2 aliphatic carbocycles. The van der Waals surface area contributed by atoms with Crippen molar-refractivity contribution in [1.29, 1.82) is 0 Å². The summed E-state index contributed by atoms with van der Waals surface area (Å²) in [6, 6.07) is 11.7. The molecule has 1 aliphatic heterocycles. The number of hydrogen-bond donors (Lipinski definition) is 0. The average Bonchev–Trinajstić information content (AvgIpc) is 3.60. The van der Waals surface area contributed by atoms with E-state index in [0.29, 0.717) is 11.3 Å². The molecule has 6 rings (SSSR count). The lowest BCUT2D eigenvalue weighted by Crippen LogP contribution is -2.41. The molecule has 2 aromatic carbocycles. The molecule has 2 fully saturated rings. The van der Waals surface area contributed by atoms with Crippen LogP contribution in [0.3, 0.4) is 0 Å². The number of aromatic nitrogens is 1. The number of nitrogens with zero attached hydrogens (tertiary/aromatic N) is 1. The van der Waals surface area contributed by atoms with Gasteiger partial charge in [0.25, 0.3) is 5.56 Å². The van der Waals surface area contributed by atoms with Crippen LogP contribution in [-0.4, -0.2) is 22.9 Å². The fourth-order valence-corrected chi connectivity index (χ4v) is 5.49. The van der Waals surface area contributed by atoms with E-state index in [1.807, 2.05) is 24.4 Å². The Morgan fingerprint density at radius 2 is 1.74 bits per heavy atom. The van der Waals surface area contributed by atoms with Crippen LogP contribution in [0.25, 0.3) is 10.8 Å². The van der Waals surface area contributed by atoms with Crippen molar-refractivity contribution in [2.45, 2.75) is 83.0 Å². The van der Waals surface area contributed by atoms with Gasteiger partial charge in [0.2, 0.25) is 0 Å². The highest BCUT2D eigenvalue weighted by molar-refractivity contribution is 6.62. The van der Waals surface area contributed by atoms with E-state index in [1.165, 1.54) is 5.56 Å². The normalized spacial score (nSPS) is 23.3. The molecule has 2 heterocycles. The standard InChI is InChI=1S/C28H31BFNO3/c1-27(2)28(3,4)34-29(33-27)21-10-11-22-18(15-21)6-5-7-24(22)31-13-12-19-14-20(17-8-9-17)16-23(30)25(19)26(31)32/h10-17,24H,5-9H2,1-4H3. The Labute approximate surface area is 200 Å². The summed E-state index contributed by atoms with van der Waals surface area (Å²) in [5, 5.41) is 0.906. The van der Waals surface area contributed by atoms with Gasteiger partial charge in [-0.1, -0.05) is 24.3 Å². The Hall–Kier alpha value is -2.44. The Morgan fingerprint density at radius 3 is 2.44 bits per heavy atom. The first kappa shape index (κ1) is 22.1. The van der Waals surface area contributed by atoms with Crippen molar-refractivity contribution in [2.75, 3.05) is 0 Å². The highest BCUT2D eigenvalue weighted by Gasteiger charge is 2.51. The number of benzene rings is 2. The molecule has 4 nitrogen and oxygen atoms in total. The van der Waals surface area contributed by atoms with Gasteiger partial charge < -0.3 is 13.9 Å². The van der Waals surface area contributed by atoms with E-state index in [0.717, 1.165) is 48.7 Å². The summed E-state index contributed by atoms with van der Waals surface area (Å²) in [5.74, 6) is 0.0515. The summed E-state index contributed by atoms with van der Waals surface area (Å²) in [7, 11) is -0.408. The zero-order chi connectivity index (χ0) is 23.8. The van der Waals surface area contributed by atoms with Gasteiger partial charge in [-0.3, -0.25) is 4.79 Å². The molecule has 1 saturated heterocycles. The van der Waals surface area contributed by atoms with Gasteiger partial charge in [-0.25, -0.2) is 4.39 Å². The minimum Gasteiger partial charge on any atom is -0.399 e. The topological polar surface area (TPSA) is 40.5 Å². The van der Waals surface area contributed by atoms with Crippen molar-refractivity contribution in [2.24, 2.45) is 0 Å². The number of rotatable bonds is 3. The van der Waals surface area contributed by atoms with Crippen LogP contribution < -0.4 is 11.0 Å². The maximum absolute atomic E-state index is 15.0. The zero-order valence-corrected chi connectivity index (χ0v) is 20.4. The van der Waals surface area contributed by atoms with Crippen LogP contribution in [-0.2, 0) is 15.7 Å². The van der Waals surface area contributed by atoms with Gasteiger partial charge in [-0.2, -0.15) is 0 Å². The predicted molar refractivity (Wildman–Crippen MR) is 133 cm³/mol. The third-order valence-electron chi connectivity index (χ3n) is 8.37. The van der Waals surface area contributed by atoms with Gasteiger partial charge >= 0.3 is 7.12 Å². The molecule has 1 unspecified atom stereocenters. The van der Waals surface area contributed by atoms with Crippen molar-refractivity contribution in [1.82, 2.24) is 4.57 Å². The van der Waals surface area contributed by atoms with Gasteiger partial charge in [0.1, 0.15) is 5.82 Å². The maximum atomic E-state index is 15.0. The number of aryl methyl sites for hydroxylation is 1. The lowest BCUT2D eigenvalue weighted by atomic mass is 9.75. The van der Waals surface area contributed by atoms with Crippen molar-refractivity contribution in [3.63, 3.8) is 0 Å². The predicted octanol–water partition coefficient (Wildman–Crippen LogP) is 5.24. The monoisotopic (exact) mass is 459 g/mol. The first-order chi connectivity index (χ1) is 16.1. The quantitative estimate of drug-likeness (QED) is 0.503. The highest BCUT2D eigenvalue weighted by atomic mass is 19.1. The van der Waals surface area contributed by atoms with Crippen LogP contribution in [0.2, 0.25) is 0 Å². The van der Waals surface area contributed by atoms with Crippen LogP contribution in [0.15, 0.2) is 47.4 Å². The van der Waals surface area contributed by atoms with Gasteiger partial charge in [0.05, 0.1) is 22.6 Å². The van der Waals surface area contributed by atoms with Crippen molar-refractivity contribution >= 4 is 23.4 Å². The third kappa shape index (κ3) is 3.45. The smallest absolute Gasteiger partial charge is 0.399 e. The second-order valence-electron chi connectivity index (χ2n) is 11.2. The molecule has 1 saturated carbocycles. The Morgan fingerprint density at radius 1 is 1.00 bits per heavy atom. The summed E-state index contributed by atoms with van der Waals surface area (Å²) >= 11 is 0. The number of hydrogen-bond acceptors (Lipinski definition) is 3. The molecule has 34 heavy (non-hydrogen) atoms. The van der Waals surface area contributed by atoms with E-state index in [-0.39, 0.29) is 17.0 Å². The fraction of sp³-hybridized carbons (Fsp3) is 0.464. The minimum absolute atomic E-state index is 0.101. The molecule has 0 N–H and O–H groups in total. The van der Waals surface area contributed by atoms with E-state index in [2.05, 4.69) is 39.8 Å². The van der Waals surface area contributed by atoms with Crippen LogP contribution in [0, 0.1) is 5.82 Å². The SMILES string of the molecule is CC1(C)OB(c2ccc3c(c2)CCCC3n2ccc3cc(C4CC4)cc(F)c3c2=O)OC1(C)C. The Balaban J connectivity index is 1.37. The van der Waals surface area contributed by atoms with Gasteiger partial charge in [-0.05, 0) is 105 Å². The lowest BCUT2D eigenvalue weighted by Gasteiger charge is -2.32. The number of halogens is 1. The van der Waals surface area contributed by atoms with Gasteiger partial charge in [0.15, 0.2) is 0 Å². The largest absolute Gasteiger partial charge is 0.494 e. The number of fused-ring (bicyclic) bond motifs is 2. The van der Waals surface area contributed by atoms with Crippen LogP contribution in [0.4, 0.5) is 4.39 Å². The fourth-order valence-electron chi connectivity index (χ4n) is 5.49. The van der Waals surface area contributed by atoms with E-state index >= 15 is 4.39 Å². The maximum Gasteiger partial charge on any atom is 0.494 e. The molecular formula is C28H31BFNO3. The van der Waals surface area contributed by atoms with Gasteiger partial charge in [0, 0.05) is 6.20 Å². The summed E-state index contributed by atoms with van der Waals surface area (Å²) in [4.78, 5) is 13.5. The molecule has 3 aromatic rings. The van der Waals surface area contributed by atoms with Crippen LogP contribution in [0.5, 0.6) is 0 Å². The van der Waals surface area contributed by atoms with Crippen molar-refractivity contribution in [3.8, 4) is 0 Å². The molecule has 1 atom stereocenters. The first-order valence-corrected chi connectivity index (χ1v) is 12.5. The summed E-state index contributed by atoms with van der Waals surface area (Å²) in [6.07, 6.45) is 6.83. The second-order valence-corrected chi connectivity index (χ2v) is 11.2. The van der Waals surface area contributed by atoms with Crippen molar-refractivity contribution in [3.05, 3.63) is 75.5 Å². The molecule has 176 valence electrons. The van der Waals surface area contributed by atoms with Crippen LogP contribution in [0.1, 0.15) is 82.0 Å². The van der Waals surface area contributed by atoms with E-state index in [4.69, 9.17) is 9.31 Å². The second kappa shape index (κ2) is 7.53. The lowest BCUT2D eigenvalue weighted by molar-refractivity contribution is 0.00578. The summed E-state index contributed by atoms with van der Waals surface area (Å²) in [5.41, 5.74) is 3.33. The van der Waals surface area contributed by atoms with Gasteiger partial charge in [-0.15, -0.1) is 0 Å². The van der Waals surface area contributed by atoms with E-state index in [9.17, 15) is 4.79 Å². The highest BCUT2D eigenvalue weighted by Crippen LogP contribution is 2.41. The molecule has 1 aromatic heterocycles. The van der Waals surface area contributed by atoms with E-state index < -0.39 is 24.1 Å².